The van der Waals surface area contributed by atoms with Gasteiger partial charge in [-0.15, -0.1) is 0 Å². The number of para-hydroxylation sites is 1. The SMILES string of the molecule is COc1cccc(C(=O)N(Cc2cc3ccccc3[nH]c2=O)c2cccc(C)c2)c1. The molecule has 150 valence electrons. The number of amides is 1. The van der Waals surface area contributed by atoms with Crippen molar-refractivity contribution in [2.75, 3.05) is 12.0 Å². The largest absolute Gasteiger partial charge is 0.497 e. The van der Waals surface area contributed by atoms with Crippen molar-refractivity contribution in [3.8, 4) is 5.75 Å². The maximum atomic E-state index is 13.5. The lowest BCUT2D eigenvalue weighted by molar-refractivity contribution is 0.0984. The lowest BCUT2D eigenvalue weighted by atomic mass is 10.1. The van der Waals surface area contributed by atoms with Crippen LogP contribution in [0.5, 0.6) is 5.75 Å². The van der Waals surface area contributed by atoms with E-state index in [2.05, 4.69) is 4.98 Å². The summed E-state index contributed by atoms with van der Waals surface area (Å²) in [6.45, 7) is 2.13. The van der Waals surface area contributed by atoms with Crippen LogP contribution in [-0.4, -0.2) is 18.0 Å². The Morgan fingerprint density at radius 2 is 1.77 bits per heavy atom. The number of carbonyl (C=O) groups is 1. The van der Waals surface area contributed by atoms with E-state index in [-0.39, 0.29) is 18.0 Å². The fraction of sp³-hybridized carbons (Fsp3) is 0.120. The quantitative estimate of drug-likeness (QED) is 0.530. The van der Waals surface area contributed by atoms with Gasteiger partial charge in [-0.2, -0.15) is 0 Å². The molecular weight excluding hydrogens is 376 g/mol. The van der Waals surface area contributed by atoms with Crippen LogP contribution in [0.2, 0.25) is 0 Å². The Labute approximate surface area is 174 Å². The number of aromatic nitrogens is 1. The van der Waals surface area contributed by atoms with Gasteiger partial charge in [0.2, 0.25) is 0 Å². The van der Waals surface area contributed by atoms with Crippen molar-refractivity contribution in [2.45, 2.75) is 13.5 Å². The summed E-state index contributed by atoms with van der Waals surface area (Å²) < 4.78 is 5.27. The van der Waals surface area contributed by atoms with Crippen LogP contribution in [0.4, 0.5) is 5.69 Å². The highest BCUT2D eigenvalue weighted by molar-refractivity contribution is 6.06. The molecule has 0 aliphatic heterocycles. The molecule has 0 spiro atoms. The summed E-state index contributed by atoms with van der Waals surface area (Å²) in [5.41, 5.74) is 3.34. The molecule has 5 nitrogen and oxygen atoms in total. The van der Waals surface area contributed by atoms with E-state index in [4.69, 9.17) is 4.74 Å². The minimum atomic E-state index is -0.204. The van der Waals surface area contributed by atoms with E-state index in [1.807, 2.05) is 61.5 Å². The van der Waals surface area contributed by atoms with Crippen LogP contribution in [0.15, 0.2) is 83.7 Å². The molecule has 0 fully saturated rings. The molecule has 1 aromatic heterocycles. The first-order valence-electron chi connectivity index (χ1n) is 9.69. The van der Waals surface area contributed by atoms with E-state index in [0.29, 0.717) is 16.9 Å². The van der Waals surface area contributed by atoms with Crippen LogP contribution in [0.25, 0.3) is 10.9 Å². The molecule has 0 aliphatic rings. The molecule has 1 N–H and O–H groups in total. The summed E-state index contributed by atoms with van der Waals surface area (Å²) in [5, 5.41) is 0.921. The zero-order valence-corrected chi connectivity index (χ0v) is 16.9. The highest BCUT2D eigenvalue weighted by Gasteiger charge is 2.20. The van der Waals surface area contributed by atoms with Crippen LogP contribution in [0, 0.1) is 6.92 Å². The van der Waals surface area contributed by atoms with Crippen molar-refractivity contribution >= 4 is 22.5 Å². The molecule has 3 aromatic carbocycles. The number of pyridine rings is 1. The van der Waals surface area contributed by atoms with Crippen LogP contribution in [0.3, 0.4) is 0 Å². The van der Waals surface area contributed by atoms with E-state index >= 15 is 0 Å². The van der Waals surface area contributed by atoms with E-state index in [0.717, 1.165) is 22.2 Å². The smallest absolute Gasteiger partial charge is 0.258 e. The number of benzene rings is 3. The second kappa shape index (κ2) is 8.25. The van der Waals surface area contributed by atoms with Gasteiger partial charge in [-0.3, -0.25) is 9.59 Å². The number of aryl methyl sites for hydroxylation is 1. The van der Waals surface area contributed by atoms with Gasteiger partial charge in [0.25, 0.3) is 11.5 Å². The predicted molar refractivity (Wildman–Crippen MR) is 119 cm³/mol. The number of methoxy groups -OCH3 is 1. The number of hydrogen-bond donors (Lipinski definition) is 1. The molecule has 0 radical (unpaired) electrons. The molecule has 0 saturated carbocycles. The summed E-state index contributed by atoms with van der Waals surface area (Å²) in [6.07, 6.45) is 0. The maximum Gasteiger partial charge on any atom is 0.258 e. The van der Waals surface area contributed by atoms with Crippen molar-refractivity contribution in [3.05, 3.63) is 106 Å². The molecule has 0 aliphatic carbocycles. The van der Waals surface area contributed by atoms with Gasteiger partial charge in [0.05, 0.1) is 13.7 Å². The monoisotopic (exact) mass is 398 g/mol. The Morgan fingerprint density at radius 3 is 2.57 bits per heavy atom. The number of anilines is 1. The number of nitrogens with zero attached hydrogens (tertiary/aromatic N) is 1. The van der Waals surface area contributed by atoms with Gasteiger partial charge in [-0.25, -0.2) is 0 Å². The lowest BCUT2D eigenvalue weighted by Crippen LogP contribution is -2.33. The normalized spacial score (nSPS) is 10.7. The zero-order chi connectivity index (χ0) is 21.1. The molecule has 0 atom stereocenters. The Balaban J connectivity index is 1.79. The molecule has 4 rings (SSSR count). The van der Waals surface area contributed by atoms with E-state index in [9.17, 15) is 9.59 Å². The van der Waals surface area contributed by atoms with Crippen LogP contribution < -0.4 is 15.2 Å². The summed E-state index contributed by atoms with van der Waals surface area (Å²) in [6, 6.07) is 24.2. The maximum absolute atomic E-state index is 13.5. The fourth-order valence-electron chi connectivity index (χ4n) is 3.47. The zero-order valence-electron chi connectivity index (χ0n) is 16.9. The number of aromatic amines is 1. The van der Waals surface area contributed by atoms with Crippen LogP contribution >= 0.6 is 0 Å². The standard InChI is InChI=1S/C25H22N2O3/c1-17-7-5-10-21(13-17)27(25(29)19-9-6-11-22(15-19)30-2)16-20-14-18-8-3-4-12-23(18)26-24(20)28/h3-15H,16H2,1-2H3,(H,26,28). The number of carbonyl (C=O) groups excluding carboxylic acids is 1. The second-order valence-electron chi connectivity index (χ2n) is 7.17. The second-order valence-corrected chi connectivity index (χ2v) is 7.17. The van der Waals surface area contributed by atoms with E-state index < -0.39 is 0 Å². The van der Waals surface area contributed by atoms with Crippen LogP contribution in [-0.2, 0) is 6.54 Å². The molecule has 1 heterocycles. The Morgan fingerprint density at radius 1 is 0.967 bits per heavy atom. The topological polar surface area (TPSA) is 62.4 Å². The van der Waals surface area contributed by atoms with E-state index in [1.54, 1.807) is 36.3 Å². The van der Waals surface area contributed by atoms with Crippen molar-refractivity contribution in [3.63, 3.8) is 0 Å². The molecule has 30 heavy (non-hydrogen) atoms. The van der Waals surface area contributed by atoms with Gasteiger partial charge in [-0.1, -0.05) is 36.4 Å². The number of rotatable bonds is 5. The molecule has 0 bridgehead atoms. The van der Waals surface area contributed by atoms with Gasteiger partial charge >= 0.3 is 0 Å². The first-order chi connectivity index (χ1) is 14.5. The summed E-state index contributed by atoms with van der Waals surface area (Å²) in [7, 11) is 1.57. The highest BCUT2D eigenvalue weighted by atomic mass is 16.5. The van der Waals surface area contributed by atoms with Gasteiger partial charge in [0.15, 0.2) is 0 Å². The van der Waals surface area contributed by atoms with Gasteiger partial charge in [-0.05, 0) is 60.3 Å². The minimum Gasteiger partial charge on any atom is -0.497 e. The summed E-state index contributed by atoms with van der Waals surface area (Å²) in [5.74, 6) is 0.403. The molecule has 5 heteroatoms. The third-order valence-corrected chi connectivity index (χ3v) is 5.03. The Kier molecular flexibility index (Phi) is 5.35. The van der Waals surface area contributed by atoms with Gasteiger partial charge in [0, 0.05) is 22.3 Å². The van der Waals surface area contributed by atoms with E-state index in [1.165, 1.54) is 0 Å². The third-order valence-electron chi connectivity index (χ3n) is 5.03. The average molecular weight is 398 g/mol. The average Bonchev–Trinajstić information content (AvgIpc) is 2.77. The van der Waals surface area contributed by atoms with Crippen molar-refractivity contribution in [2.24, 2.45) is 0 Å². The summed E-state index contributed by atoms with van der Waals surface area (Å²) in [4.78, 5) is 30.7. The van der Waals surface area contributed by atoms with Crippen LogP contribution in [0.1, 0.15) is 21.5 Å². The number of fused-ring (bicyclic) bond motifs is 1. The first kappa shape index (κ1) is 19.5. The summed E-state index contributed by atoms with van der Waals surface area (Å²) >= 11 is 0. The molecular formula is C25H22N2O3. The van der Waals surface area contributed by atoms with Crippen molar-refractivity contribution in [1.29, 1.82) is 0 Å². The minimum absolute atomic E-state index is 0.152. The molecule has 0 saturated heterocycles. The number of ether oxygens (including phenoxy) is 1. The fourth-order valence-corrected chi connectivity index (χ4v) is 3.47. The molecule has 4 aromatic rings. The number of H-pyrrole nitrogens is 1. The Hall–Kier alpha value is -3.86. The van der Waals surface area contributed by atoms with Gasteiger partial charge < -0.3 is 14.6 Å². The Bertz CT molecular complexity index is 1280. The van der Waals surface area contributed by atoms with Crippen molar-refractivity contribution < 1.29 is 9.53 Å². The van der Waals surface area contributed by atoms with Crippen molar-refractivity contribution in [1.82, 2.24) is 4.98 Å². The lowest BCUT2D eigenvalue weighted by Gasteiger charge is -2.23. The molecule has 1 amide bonds. The first-order valence-corrected chi connectivity index (χ1v) is 9.69. The highest BCUT2D eigenvalue weighted by Crippen LogP contribution is 2.23. The predicted octanol–water partition coefficient (Wildman–Crippen LogP) is 4.69. The number of hydrogen-bond acceptors (Lipinski definition) is 3. The number of nitrogens with one attached hydrogen (secondary N) is 1. The molecule has 0 unspecified atom stereocenters. The third kappa shape index (κ3) is 3.96. The van der Waals surface area contributed by atoms with Gasteiger partial charge in [0.1, 0.15) is 5.75 Å².